The molecule has 32 heavy (non-hydrogen) atoms. The molecule has 6 heteroatoms. The Balaban J connectivity index is 1.76. The van der Waals surface area contributed by atoms with E-state index in [1.807, 2.05) is 48.5 Å². The predicted octanol–water partition coefficient (Wildman–Crippen LogP) is 6.48. The second-order valence-corrected chi connectivity index (χ2v) is 9.03. The molecule has 2 aromatic rings. The lowest BCUT2D eigenvalue weighted by atomic mass is 10.0. The van der Waals surface area contributed by atoms with Crippen LogP contribution < -0.4 is 5.32 Å². The second kappa shape index (κ2) is 12.4. The summed E-state index contributed by atoms with van der Waals surface area (Å²) in [6, 6.07) is 14.8. The third-order valence-corrected chi connectivity index (χ3v) is 6.18. The number of carbonyl (C=O) groups excluding carboxylic acids is 2. The van der Waals surface area contributed by atoms with E-state index in [9.17, 15) is 9.59 Å². The number of hydrogen-bond donors (Lipinski definition) is 1. The van der Waals surface area contributed by atoms with Crippen LogP contribution in [0.15, 0.2) is 65.2 Å². The number of nitrogens with zero attached hydrogens (tertiary/aromatic N) is 1. The third-order valence-electron chi connectivity index (χ3n) is 5.69. The summed E-state index contributed by atoms with van der Waals surface area (Å²) in [5, 5.41) is 3.06. The number of aryl methyl sites for hydroxylation is 1. The number of nitrogens with one attached hydrogen (secondary N) is 1. The van der Waals surface area contributed by atoms with Crippen LogP contribution in [0.4, 0.5) is 10.5 Å². The Morgan fingerprint density at radius 1 is 1.09 bits per heavy atom. The molecular formula is C26H31BrN2O3. The van der Waals surface area contributed by atoms with E-state index in [4.69, 9.17) is 4.74 Å². The van der Waals surface area contributed by atoms with E-state index in [-0.39, 0.29) is 12.5 Å². The highest BCUT2D eigenvalue weighted by Crippen LogP contribution is 2.25. The molecule has 0 fully saturated rings. The van der Waals surface area contributed by atoms with Crippen molar-refractivity contribution in [2.24, 2.45) is 0 Å². The van der Waals surface area contributed by atoms with Gasteiger partial charge in [-0.2, -0.15) is 0 Å². The van der Waals surface area contributed by atoms with Gasteiger partial charge in [-0.3, -0.25) is 9.69 Å². The number of hydrogen-bond acceptors (Lipinski definition) is 3. The molecular weight excluding hydrogens is 468 g/mol. The van der Waals surface area contributed by atoms with Crippen LogP contribution >= 0.6 is 15.9 Å². The molecule has 1 aliphatic rings. The van der Waals surface area contributed by atoms with Gasteiger partial charge in [0.25, 0.3) is 0 Å². The van der Waals surface area contributed by atoms with Crippen molar-refractivity contribution in [3.63, 3.8) is 0 Å². The molecule has 1 aliphatic heterocycles. The van der Waals surface area contributed by atoms with Crippen LogP contribution in [-0.4, -0.2) is 30.0 Å². The van der Waals surface area contributed by atoms with Gasteiger partial charge in [0.1, 0.15) is 12.6 Å². The number of ether oxygens (including phenoxy) is 1. The minimum Gasteiger partial charge on any atom is -0.445 e. The van der Waals surface area contributed by atoms with Gasteiger partial charge in [-0.25, -0.2) is 4.79 Å². The van der Waals surface area contributed by atoms with Crippen LogP contribution in [0.3, 0.4) is 0 Å². The first kappa shape index (κ1) is 24.1. The second-order valence-electron chi connectivity index (χ2n) is 8.12. The molecule has 170 valence electrons. The Morgan fingerprint density at radius 3 is 2.69 bits per heavy atom. The highest BCUT2D eigenvalue weighted by molar-refractivity contribution is 9.10. The van der Waals surface area contributed by atoms with Gasteiger partial charge < -0.3 is 10.1 Å². The Kier molecular flexibility index (Phi) is 9.35. The number of amides is 2. The van der Waals surface area contributed by atoms with Crippen molar-refractivity contribution in [2.45, 2.75) is 57.6 Å². The maximum absolute atomic E-state index is 13.3. The zero-order valence-corrected chi connectivity index (χ0v) is 20.1. The van der Waals surface area contributed by atoms with E-state index in [0.717, 1.165) is 47.0 Å². The Labute approximate surface area is 199 Å². The molecule has 2 amide bonds. The summed E-state index contributed by atoms with van der Waals surface area (Å²) in [6.07, 6.45) is 10.5. The number of carbonyl (C=O) groups is 2. The number of anilines is 1. The molecule has 0 saturated carbocycles. The lowest BCUT2D eigenvalue weighted by Crippen LogP contribution is -2.45. The largest absolute Gasteiger partial charge is 0.445 e. The maximum atomic E-state index is 13.3. The first-order valence-electron chi connectivity index (χ1n) is 11.2. The predicted molar refractivity (Wildman–Crippen MR) is 131 cm³/mol. The molecule has 3 rings (SSSR count). The molecule has 1 atom stereocenters. The molecule has 0 radical (unpaired) electrons. The van der Waals surface area contributed by atoms with Crippen LogP contribution in [-0.2, 0) is 22.6 Å². The smallest absolute Gasteiger partial charge is 0.410 e. The standard InChI is InChI=1S/C26H31BrN2O3/c1-29(26(31)32-19-20-12-8-7-9-13-20)24-15-11-6-4-2-3-5-10-14-21-16-17-22(27)18-23(21)28-25(24)30/h6-9,11-13,16-18,24H,2-5,10,14-15,19H2,1H3,(H,28,30)/b11-6+/t24-/m0/s1. The van der Waals surface area contributed by atoms with Gasteiger partial charge in [0.2, 0.25) is 5.91 Å². The van der Waals surface area contributed by atoms with Gasteiger partial charge in [-0.15, -0.1) is 0 Å². The topological polar surface area (TPSA) is 58.6 Å². The molecule has 5 nitrogen and oxygen atoms in total. The van der Waals surface area contributed by atoms with E-state index in [2.05, 4.69) is 33.4 Å². The number of fused-ring (bicyclic) bond motifs is 1. The number of halogens is 1. The molecule has 1 N–H and O–H groups in total. The quantitative estimate of drug-likeness (QED) is 0.492. The summed E-state index contributed by atoms with van der Waals surface area (Å²) < 4.78 is 6.37. The summed E-state index contributed by atoms with van der Waals surface area (Å²) in [5.41, 5.74) is 2.81. The zero-order valence-electron chi connectivity index (χ0n) is 18.6. The zero-order chi connectivity index (χ0) is 22.8. The van der Waals surface area contributed by atoms with Gasteiger partial charge in [0.15, 0.2) is 0 Å². The molecule has 1 heterocycles. The van der Waals surface area contributed by atoms with Crippen LogP contribution in [0.1, 0.15) is 49.7 Å². The summed E-state index contributed by atoms with van der Waals surface area (Å²) in [5.74, 6) is -0.217. The highest BCUT2D eigenvalue weighted by atomic mass is 79.9. The fraction of sp³-hybridized carbons (Fsp3) is 0.385. The lowest BCUT2D eigenvalue weighted by molar-refractivity contribution is -0.120. The Bertz CT molecular complexity index is 930. The molecule has 0 unspecified atom stereocenters. The van der Waals surface area contributed by atoms with Gasteiger partial charge >= 0.3 is 6.09 Å². The van der Waals surface area contributed by atoms with Crippen LogP contribution in [0.5, 0.6) is 0 Å². The minimum atomic E-state index is -0.663. The minimum absolute atomic E-state index is 0.171. The van der Waals surface area contributed by atoms with Crippen molar-refractivity contribution in [3.05, 3.63) is 76.3 Å². The summed E-state index contributed by atoms with van der Waals surface area (Å²) >= 11 is 3.50. The van der Waals surface area contributed by atoms with E-state index < -0.39 is 12.1 Å². The fourth-order valence-corrected chi connectivity index (χ4v) is 4.12. The molecule has 0 bridgehead atoms. The van der Waals surface area contributed by atoms with Crippen LogP contribution in [0.2, 0.25) is 0 Å². The number of benzene rings is 2. The van der Waals surface area contributed by atoms with E-state index >= 15 is 0 Å². The summed E-state index contributed by atoms with van der Waals surface area (Å²) in [4.78, 5) is 27.4. The summed E-state index contributed by atoms with van der Waals surface area (Å²) in [6.45, 7) is 0.171. The van der Waals surface area contributed by atoms with Gasteiger partial charge in [-0.05, 0) is 55.4 Å². The van der Waals surface area contributed by atoms with Crippen molar-refractivity contribution in [2.75, 3.05) is 12.4 Å². The normalized spacial score (nSPS) is 18.6. The first-order chi connectivity index (χ1) is 15.5. The fourth-order valence-electron chi connectivity index (χ4n) is 3.76. The third kappa shape index (κ3) is 7.23. The molecule has 0 saturated heterocycles. The van der Waals surface area contributed by atoms with Crippen LogP contribution in [0.25, 0.3) is 0 Å². The molecule has 2 aromatic carbocycles. The van der Waals surface area contributed by atoms with Gasteiger partial charge in [0.05, 0.1) is 0 Å². The number of likely N-dealkylation sites (N-methyl/N-ethyl adjacent to an activating group) is 1. The van der Waals surface area contributed by atoms with Crippen LogP contribution in [0, 0.1) is 0 Å². The number of allylic oxidation sites excluding steroid dienone is 1. The molecule has 0 aliphatic carbocycles. The SMILES string of the molecule is CN(C(=O)OCc1ccccc1)[C@H]1C/C=C/CCCCCCc2ccc(Br)cc2NC1=O. The van der Waals surface area contributed by atoms with Crippen molar-refractivity contribution in [3.8, 4) is 0 Å². The Hall–Kier alpha value is -2.60. The van der Waals surface area contributed by atoms with E-state index in [1.165, 1.54) is 17.7 Å². The van der Waals surface area contributed by atoms with Crippen molar-refractivity contribution in [1.82, 2.24) is 4.90 Å². The molecule has 0 aromatic heterocycles. The average molecular weight is 499 g/mol. The van der Waals surface area contributed by atoms with E-state index in [0.29, 0.717) is 6.42 Å². The number of rotatable bonds is 3. The Morgan fingerprint density at radius 2 is 1.88 bits per heavy atom. The summed E-state index contributed by atoms with van der Waals surface area (Å²) in [7, 11) is 1.62. The van der Waals surface area contributed by atoms with Gasteiger partial charge in [-0.1, -0.05) is 77.3 Å². The first-order valence-corrected chi connectivity index (χ1v) is 12.0. The van der Waals surface area contributed by atoms with E-state index in [1.54, 1.807) is 7.05 Å². The lowest BCUT2D eigenvalue weighted by Gasteiger charge is -2.26. The van der Waals surface area contributed by atoms with Gasteiger partial charge in [0, 0.05) is 17.2 Å². The maximum Gasteiger partial charge on any atom is 0.410 e. The monoisotopic (exact) mass is 498 g/mol. The highest BCUT2D eigenvalue weighted by Gasteiger charge is 2.27. The average Bonchev–Trinajstić information content (AvgIpc) is 2.79. The molecule has 0 spiro atoms. The van der Waals surface area contributed by atoms with Crippen molar-refractivity contribution in [1.29, 1.82) is 0 Å². The van der Waals surface area contributed by atoms with Crippen molar-refractivity contribution < 1.29 is 14.3 Å². The van der Waals surface area contributed by atoms with Crippen molar-refractivity contribution >= 4 is 33.6 Å².